The minimum absolute atomic E-state index is 0.0258. The van der Waals surface area contributed by atoms with Gasteiger partial charge in [-0.1, -0.05) is 15.9 Å². The molecule has 2 rings (SSSR count). The molecule has 0 saturated heterocycles. The smallest absolute Gasteiger partial charge is 0.432 e. The van der Waals surface area contributed by atoms with Gasteiger partial charge in [0.05, 0.1) is 16.3 Å². The van der Waals surface area contributed by atoms with Crippen molar-refractivity contribution >= 4 is 27.7 Å². The van der Waals surface area contributed by atoms with Crippen LogP contribution in [-0.4, -0.2) is 25.9 Å². The minimum atomic E-state index is -1.18. The van der Waals surface area contributed by atoms with E-state index in [1.807, 2.05) is 0 Å². The van der Waals surface area contributed by atoms with E-state index in [0.717, 1.165) is 4.68 Å². The number of rotatable bonds is 3. The van der Waals surface area contributed by atoms with Crippen LogP contribution in [0.5, 0.6) is 0 Å². The molecular weight excluding hydrogens is 318 g/mol. The SMILES string of the molecule is O=C(O)n1nc(-c2ccc([N+](=O)[O-])cc2)cc1CBr. The normalized spacial score (nSPS) is 10.4. The van der Waals surface area contributed by atoms with E-state index in [1.165, 1.54) is 24.3 Å². The molecule has 0 fully saturated rings. The van der Waals surface area contributed by atoms with E-state index < -0.39 is 11.0 Å². The molecule has 7 nitrogen and oxygen atoms in total. The number of nitro groups is 1. The molecular formula is C11H8BrN3O4. The first-order chi connectivity index (χ1) is 9.02. The molecule has 0 aliphatic carbocycles. The van der Waals surface area contributed by atoms with Crippen LogP contribution < -0.4 is 0 Å². The first-order valence-corrected chi connectivity index (χ1v) is 6.28. The zero-order valence-electron chi connectivity index (χ0n) is 9.49. The second-order valence-electron chi connectivity index (χ2n) is 3.65. The summed E-state index contributed by atoms with van der Waals surface area (Å²) >= 11 is 3.18. The maximum absolute atomic E-state index is 11.0. The fraction of sp³-hybridized carbons (Fsp3) is 0.0909. The lowest BCUT2D eigenvalue weighted by Gasteiger charge is -1.96. The van der Waals surface area contributed by atoms with Crippen molar-refractivity contribution in [2.24, 2.45) is 0 Å². The van der Waals surface area contributed by atoms with Crippen LogP contribution >= 0.6 is 15.9 Å². The van der Waals surface area contributed by atoms with Crippen molar-refractivity contribution in [3.05, 3.63) is 46.1 Å². The third-order valence-electron chi connectivity index (χ3n) is 2.48. The molecule has 98 valence electrons. The highest BCUT2D eigenvalue weighted by molar-refractivity contribution is 9.08. The van der Waals surface area contributed by atoms with Gasteiger partial charge in [-0.3, -0.25) is 10.1 Å². The van der Waals surface area contributed by atoms with Crippen LogP contribution in [0.4, 0.5) is 10.5 Å². The van der Waals surface area contributed by atoms with Gasteiger partial charge in [0.25, 0.3) is 5.69 Å². The van der Waals surface area contributed by atoms with Crippen molar-refractivity contribution in [2.45, 2.75) is 5.33 Å². The van der Waals surface area contributed by atoms with E-state index in [9.17, 15) is 14.9 Å². The van der Waals surface area contributed by atoms with Crippen molar-refractivity contribution in [1.29, 1.82) is 0 Å². The van der Waals surface area contributed by atoms with Gasteiger partial charge < -0.3 is 5.11 Å². The number of hydrogen-bond donors (Lipinski definition) is 1. The predicted octanol–water partition coefficient (Wildman–Crippen LogP) is 2.88. The Morgan fingerprint density at radius 1 is 1.42 bits per heavy atom. The molecule has 1 heterocycles. The topological polar surface area (TPSA) is 98.3 Å². The average Bonchev–Trinajstić information content (AvgIpc) is 2.83. The molecule has 0 unspecified atom stereocenters. The summed E-state index contributed by atoms with van der Waals surface area (Å²) in [5.74, 6) is 0. The Bertz CT molecular complexity index is 636. The second kappa shape index (κ2) is 5.19. The lowest BCUT2D eigenvalue weighted by molar-refractivity contribution is -0.384. The number of non-ortho nitro benzene ring substituents is 1. The Morgan fingerprint density at radius 3 is 2.47 bits per heavy atom. The largest absolute Gasteiger partial charge is 0.463 e. The summed E-state index contributed by atoms with van der Waals surface area (Å²) < 4.78 is 0.867. The Labute approximate surface area is 115 Å². The second-order valence-corrected chi connectivity index (χ2v) is 4.21. The summed E-state index contributed by atoms with van der Waals surface area (Å²) in [4.78, 5) is 21.0. The standard InChI is InChI=1S/C11H8BrN3O4/c12-6-9-5-10(13-14(9)11(16)17)7-1-3-8(4-2-7)15(18)19/h1-5H,6H2,(H,16,17). The summed E-state index contributed by atoms with van der Waals surface area (Å²) in [6, 6.07) is 7.38. The van der Waals surface area contributed by atoms with Crippen LogP contribution in [0, 0.1) is 10.1 Å². The summed E-state index contributed by atoms with van der Waals surface area (Å²) in [5, 5.41) is 23.8. The van der Waals surface area contributed by atoms with Crippen LogP contribution in [0.1, 0.15) is 5.69 Å². The zero-order chi connectivity index (χ0) is 14.0. The number of alkyl halides is 1. The van der Waals surface area contributed by atoms with Crippen molar-refractivity contribution < 1.29 is 14.8 Å². The van der Waals surface area contributed by atoms with Gasteiger partial charge in [0.15, 0.2) is 0 Å². The number of carboxylic acid groups (broad SMARTS) is 1. The van der Waals surface area contributed by atoms with Gasteiger partial charge in [-0.2, -0.15) is 9.78 Å². The molecule has 1 aromatic heterocycles. The van der Waals surface area contributed by atoms with Crippen molar-refractivity contribution in [3.8, 4) is 11.3 Å². The maximum Gasteiger partial charge on any atom is 0.432 e. The van der Waals surface area contributed by atoms with Gasteiger partial charge in [0.2, 0.25) is 0 Å². The number of halogens is 1. The molecule has 0 radical (unpaired) electrons. The summed E-state index contributed by atoms with van der Waals surface area (Å²) in [6.45, 7) is 0. The predicted molar refractivity (Wildman–Crippen MR) is 70.4 cm³/mol. The number of nitro benzene ring substituents is 1. The van der Waals surface area contributed by atoms with E-state index in [1.54, 1.807) is 6.07 Å². The molecule has 0 spiro atoms. The maximum atomic E-state index is 11.0. The van der Waals surface area contributed by atoms with E-state index in [4.69, 9.17) is 5.11 Å². The van der Waals surface area contributed by atoms with Crippen molar-refractivity contribution in [3.63, 3.8) is 0 Å². The summed E-state index contributed by atoms with van der Waals surface area (Å²) in [5.41, 5.74) is 1.53. The zero-order valence-corrected chi connectivity index (χ0v) is 11.1. The molecule has 0 aliphatic rings. The van der Waals surface area contributed by atoms with E-state index in [0.29, 0.717) is 22.3 Å². The van der Waals surface area contributed by atoms with Gasteiger partial charge in [-0.05, 0) is 18.2 Å². The molecule has 2 aromatic rings. The first-order valence-electron chi connectivity index (χ1n) is 5.16. The molecule has 0 atom stereocenters. The Hall–Kier alpha value is -2.22. The van der Waals surface area contributed by atoms with E-state index >= 15 is 0 Å². The van der Waals surface area contributed by atoms with Crippen molar-refractivity contribution in [1.82, 2.24) is 9.78 Å². The fourth-order valence-corrected chi connectivity index (χ4v) is 1.97. The van der Waals surface area contributed by atoms with Crippen molar-refractivity contribution in [2.75, 3.05) is 0 Å². The lowest BCUT2D eigenvalue weighted by Crippen LogP contribution is -2.12. The van der Waals surface area contributed by atoms with Gasteiger partial charge >= 0.3 is 6.09 Å². The Kier molecular flexibility index (Phi) is 3.61. The molecule has 1 N–H and O–H groups in total. The van der Waals surface area contributed by atoms with Crippen LogP contribution in [0.2, 0.25) is 0 Å². The highest BCUT2D eigenvalue weighted by Gasteiger charge is 2.14. The summed E-state index contributed by atoms with van der Waals surface area (Å²) in [6.07, 6.45) is -1.18. The highest BCUT2D eigenvalue weighted by atomic mass is 79.9. The average molecular weight is 326 g/mol. The quantitative estimate of drug-likeness (QED) is 0.531. The highest BCUT2D eigenvalue weighted by Crippen LogP contribution is 2.23. The fourth-order valence-electron chi connectivity index (χ4n) is 1.58. The Morgan fingerprint density at radius 2 is 2.05 bits per heavy atom. The van der Waals surface area contributed by atoms with Crippen LogP contribution in [0.3, 0.4) is 0 Å². The van der Waals surface area contributed by atoms with Crippen LogP contribution in [0.25, 0.3) is 11.3 Å². The minimum Gasteiger partial charge on any atom is -0.463 e. The number of aromatic nitrogens is 2. The van der Waals surface area contributed by atoms with Crippen LogP contribution in [0.15, 0.2) is 30.3 Å². The molecule has 0 amide bonds. The van der Waals surface area contributed by atoms with Gasteiger partial charge in [-0.15, -0.1) is 0 Å². The van der Waals surface area contributed by atoms with Gasteiger partial charge in [-0.25, -0.2) is 4.79 Å². The van der Waals surface area contributed by atoms with E-state index in [-0.39, 0.29) is 5.69 Å². The van der Waals surface area contributed by atoms with Gasteiger partial charge in [0.1, 0.15) is 0 Å². The summed E-state index contributed by atoms with van der Waals surface area (Å²) in [7, 11) is 0. The molecule has 19 heavy (non-hydrogen) atoms. The number of benzene rings is 1. The first kappa shape index (κ1) is 13.2. The number of nitrogens with zero attached hydrogens (tertiary/aromatic N) is 3. The van der Waals surface area contributed by atoms with Crippen LogP contribution in [-0.2, 0) is 5.33 Å². The lowest BCUT2D eigenvalue weighted by atomic mass is 10.1. The molecule has 0 bridgehead atoms. The number of carbonyl (C=O) groups is 1. The third kappa shape index (κ3) is 2.63. The third-order valence-corrected chi connectivity index (χ3v) is 3.05. The molecule has 8 heteroatoms. The Balaban J connectivity index is 2.41. The molecule has 0 saturated carbocycles. The monoisotopic (exact) mass is 325 g/mol. The molecule has 1 aromatic carbocycles. The van der Waals surface area contributed by atoms with Gasteiger partial charge in [0, 0.05) is 23.0 Å². The number of hydrogen-bond acceptors (Lipinski definition) is 4. The molecule has 0 aliphatic heterocycles. The van der Waals surface area contributed by atoms with E-state index in [2.05, 4.69) is 21.0 Å².